The maximum Gasteiger partial charge on any atom is 0.233 e. The fourth-order valence-electron chi connectivity index (χ4n) is 2.57. The van der Waals surface area contributed by atoms with E-state index < -0.39 is 10.8 Å². The van der Waals surface area contributed by atoms with Gasteiger partial charge in [0.05, 0.1) is 24.3 Å². The average Bonchev–Trinajstić information content (AvgIpc) is 3.30. The third kappa shape index (κ3) is 5.17. The number of hydrogen-bond acceptors (Lipinski definition) is 5. The molecule has 0 aliphatic rings. The minimum Gasteiger partial charge on any atom is -0.467 e. The Kier molecular flexibility index (Phi) is 6.24. The summed E-state index contributed by atoms with van der Waals surface area (Å²) in [4.78, 5) is 16.4. The second-order valence-corrected chi connectivity index (χ2v) is 7.61. The summed E-state index contributed by atoms with van der Waals surface area (Å²) in [6.45, 7) is 4.17. The first-order valence-corrected chi connectivity index (χ1v) is 10.2. The van der Waals surface area contributed by atoms with Gasteiger partial charge < -0.3 is 14.2 Å². The molecule has 1 atom stereocenters. The van der Waals surface area contributed by atoms with Gasteiger partial charge in [0, 0.05) is 16.4 Å². The molecular weight excluding hydrogens is 364 g/mol. The van der Waals surface area contributed by atoms with Gasteiger partial charge in [0.25, 0.3) is 0 Å². The molecule has 142 valence electrons. The molecule has 27 heavy (non-hydrogen) atoms. The average molecular weight is 386 g/mol. The van der Waals surface area contributed by atoms with Crippen LogP contribution in [0.15, 0.2) is 51.5 Å². The van der Waals surface area contributed by atoms with Crippen LogP contribution in [0.3, 0.4) is 0 Å². The fraction of sp³-hybridized carbons (Fsp3) is 0.300. The van der Waals surface area contributed by atoms with Crippen molar-refractivity contribution < 1.29 is 17.8 Å². The largest absolute Gasteiger partial charge is 0.467 e. The normalized spacial score (nSPS) is 12.1. The van der Waals surface area contributed by atoms with Crippen molar-refractivity contribution in [2.45, 2.75) is 32.6 Å². The number of nitrogens with one attached hydrogen (secondary N) is 1. The third-order valence-electron chi connectivity index (χ3n) is 4.13. The van der Waals surface area contributed by atoms with Crippen molar-refractivity contribution >= 4 is 16.7 Å². The summed E-state index contributed by atoms with van der Waals surface area (Å²) in [6.07, 6.45) is 2.51. The van der Waals surface area contributed by atoms with Gasteiger partial charge in [-0.15, -0.1) is 0 Å². The van der Waals surface area contributed by atoms with Crippen LogP contribution in [0.4, 0.5) is 0 Å². The zero-order valence-electron chi connectivity index (χ0n) is 15.4. The Morgan fingerprint density at radius 1 is 1.22 bits per heavy atom. The number of aromatic nitrogens is 1. The minimum absolute atomic E-state index is 0.0897. The van der Waals surface area contributed by atoms with Crippen LogP contribution in [-0.4, -0.2) is 20.9 Å². The lowest BCUT2D eigenvalue weighted by molar-refractivity contribution is -0.118. The number of amides is 1. The predicted octanol–water partition coefficient (Wildman–Crippen LogP) is 3.37. The minimum atomic E-state index is -1.37. The van der Waals surface area contributed by atoms with E-state index in [1.807, 2.05) is 24.3 Å². The molecule has 0 saturated carbocycles. The van der Waals surface area contributed by atoms with Crippen molar-refractivity contribution in [3.63, 3.8) is 0 Å². The molecule has 1 N–H and O–H groups in total. The van der Waals surface area contributed by atoms with E-state index >= 15 is 0 Å². The van der Waals surface area contributed by atoms with Crippen molar-refractivity contribution in [3.8, 4) is 11.5 Å². The summed E-state index contributed by atoms with van der Waals surface area (Å²) < 4.78 is 23.2. The van der Waals surface area contributed by atoms with E-state index in [9.17, 15) is 9.00 Å². The molecule has 1 amide bonds. The van der Waals surface area contributed by atoms with E-state index in [0.717, 1.165) is 12.0 Å². The van der Waals surface area contributed by atoms with Gasteiger partial charge in [-0.1, -0.05) is 19.1 Å². The molecule has 0 fully saturated rings. The molecule has 7 heteroatoms. The second kappa shape index (κ2) is 8.81. The highest BCUT2D eigenvalue weighted by Gasteiger charge is 2.16. The Labute approximate surface area is 160 Å². The maximum absolute atomic E-state index is 12.3. The number of benzene rings is 1. The maximum atomic E-state index is 12.3. The van der Waals surface area contributed by atoms with Gasteiger partial charge in [-0.05, 0) is 43.2 Å². The summed E-state index contributed by atoms with van der Waals surface area (Å²) in [5, 5.41) is 2.69. The molecule has 0 aliphatic heterocycles. The molecule has 0 bridgehead atoms. The lowest BCUT2D eigenvalue weighted by atomic mass is 10.1. The van der Waals surface area contributed by atoms with Crippen LogP contribution in [0.2, 0.25) is 0 Å². The van der Waals surface area contributed by atoms with E-state index in [2.05, 4.69) is 17.2 Å². The lowest BCUT2D eigenvalue weighted by Crippen LogP contribution is -2.28. The summed E-state index contributed by atoms with van der Waals surface area (Å²) in [5.74, 6) is 1.57. The summed E-state index contributed by atoms with van der Waals surface area (Å²) in [5.41, 5.74) is 2.73. The number of oxazole rings is 1. The Bertz CT molecular complexity index is 914. The molecule has 3 aromatic rings. The van der Waals surface area contributed by atoms with Gasteiger partial charge in [-0.25, -0.2) is 4.98 Å². The molecule has 2 heterocycles. The van der Waals surface area contributed by atoms with Crippen LogP contribution in [0.25, 0.3) is 11.5 Å². The van der Waals surface area contributed by atoms with E-state index in [1.54, 1.807) is 25.3 Å². The first kappa shape index (κ1) is 19.1. The summed E-state index contributed by atoms with van der Waals surface area (Å²) >= 11 is 0. The monoisotopic (exact) mass is 386 g/mol. The first-order valence-electron chi connectivity index (χ1n) is 8.75. The summed E-state index contributed by atoms with van der Waals surface area (Å²) in [6, 6.07) is 11.5. The Balaban J connectivity index is 1.57. The second-order valence-electron chi connectivity index (χ2n) is 6.16. The first-order chi connectivity index (χ1) is 13.0. The molecule has 2 aromatic heterocycles. The molecule has 0 saturated heterocycles. The zero-order valence-corrected chi connectivity index (χ0v) is 16.2. The van der Waals surface area contributed by atoms with Crippen molar-refractivity contribution in [2.75, 3.05) is 5.75 Å². The van der Waals surface area contributed by atoms with Gasteiger partial charge in [-0.3, -0.25) is 9.00 Å². The van der Waals surface area contributed by atoms with Crippen LogP contribution in [0.1, 0.15) is 29.7 Å². The highest BCUT2D eigenvalue weighted by molar-refractivity contribution is 7.84. The zero-order chi connectivity index (χ0) is 19.2. The van der Waals surface area contributed by atoms with Crippen LogP contribution in [0, 0.1) is 6.92 Å². The predicted molar refractivity (Wildman–Crippen MR) is 103 cm³/mol. The van der Waals surface area contributed by atoms with Gasteiger partial charge in [0.15, 0.2) is 0 Å². The Morgan fingerprint density at radius 2 is 2.00 bits per heavy atom. The van der Waals surface area contributed by atoms with E-state index in [4.69, 9.17) is 8.83 Å². The number of aryl methyl sites for hydroxylation is 2. The smallest absolute Gasteiger partial charge is 0.233 e. The van der Waals surface area contributed by atoms with E-state index in [1.165, 1.54) is 5.56 Å². The van der Waals surface area contributed by atoms with Crippen molar-refractivity contribution in [3.05, 3.63) is 65.4 Å². The molecule has 0 radical (unpaired) electrons. The topological polar surface area (TPSA) is 85.3 Å². The van der Waals surface area contributed by atoms with Crippen molar-refractivity contribution in [2.24, 2.45) is 0 Å². The van der Waals surface area contributed by atoms with Gasteiger partial charge in [0.2, 0.25) is 11.8 Å². The molecule has 6 nitrogen and oxygen atoms in total. The molecule has 0 aliphatic carbocycles. The SMILES string of the molecule is CCc1ccc(-c2nc(C[S@@](=O)CC(=O)NCc3ccco3)c(C)o2)cc1. The van der Waals surface area contributed by atoms with Crippen LogP contribution in [0.5, 0.6) is 0 Å². The van der Waals surface area contributed by atoms with Crippen LogP contribution in [-0.2, 0) is 34.3 Å². The number of nitrogens with zero attached hydrogens (tertiary/aromatic N) is 1. The highest BCUT2D eigenvalue weighted by Crippen LogP contribution is 2.23. The molecule has 0 unspecified atom stereocenters. The fourth-order valence-corrected chi connectivity index (χ4v) is 3.64. The molecule has 3 rings (SSSR count). The third-order valence-corrected chi connectivity index (χ3v) is 5.31. The summed E-state index contributed by atoms with van der Waals surface area (Å²) in [7, 11) is -1.37. The number of hydrogen-bond donors (Lipinski definition) is 1. The van der Waals surface area contributed by atoms with Crippen molar-refractivity contribution in [1.29, 1.82) is 0 Å². The molecule has 0 spiro atoms. The van der Waals surface area contributed by atoms with Crippen molar-refractivity contribution in [1.82, 2.24) is 10.3 Å². The van der Waals surface area contributed by atoms with Gasteiger partial charge in [-0.2, -0.15) is 0 Å². The number of carbonyl (C=O) groups excluding carboxylic acids is 1. The number of carbonyl (C=O) groups is 1. The quantitative estimate of drug-likeness (QED) is 0.641. The number of rotatable bonds is 8. The Hall–Kier alpha value is -2.67. The number of furan rings is 1. The standard InChI is InChI=1S/C20H22N2O4S/c1-3-15-6-8-16(9-7-15)20-22-18(14(2)26-20)12-27(24)13-19(23)21-11-17-5-4-10-25-17/h4-10H,3,11-13H2,1-2H3,(H,21,23)/t27-/m1/s1. The van der Waals surface area contributed by atoms with E-state index in [0.29, 0.717) is 23.1 Å². The molecular formula is C20H22N2O4S. The van der Waals surface area contributed by atoms with Gasteiger partial charge >= 0.3 is 0 Å². The van der Waals surface area contributed by atoms with E-state index in [-0.39, 0.29) is 24.0 Å². The lowest BCUT2D eigenvalue weighted by Gasteiger charge is -2.03. The van der Waals surface area contributed by atoms with Crippen LogP contribution >= 0.6 is 0 Å². The highest BCUT2D eigenvalue weighted by atomic mass is 32.2. The van der Waals surface area contributed by atoms with Crippen LogP contribution < -0.4 is 5.32 Å². The van der Waals surface area contributed by atoms with Gasteiger partial charge in [0.1, 0.15) is 17.3 Å². The molecule has 1 aromatic carbocycles. The Morgan fingerprint density at radius 3 is 2.67 bits per heavy atom.